The molecule has 1 N–H and O–H groups in total. The van der Waals surface area contributed by atoms with Gasteiger partial charge in [0.2, 0.25) is 0 Å². The highest BCUT2D eigenvalue weighted by atomic mass is 32.1. The van der Waals surface area contributed by atoms with Crippen molar-refractivity contribution in [2.24, 2.45) is 0 Å². The number of benzene rings is 1. The number of anilines is 1. The second-order valence-electron chi connectivity index (χ2n) is 11.0. The number of hydrogen-bond acceptors (Lipinski definition) is 6. The first kappa shape index (κ1) is 29.7. The molecule has 0 bridgehead atoms. The van der Waals surface area contributed by atoms with Crippen LogP contribution in [0.4, 0.5) is 10.5 Å². The minimum atomic E-state index is -2.05. The quantitative estimate of drug-likeness (QED) is 0.263. The van der Waals surface area contributed by atoms with E-state index in [1.165, 1.54) is 17.2 Å². The molecule has 1 atom stereocenters. The SMILES string of the molecule is C=CCOC(=O)Nc1cc(C)c(OC)cc1C(=O)N1CC=C(c2ccsc2)C[C@H]1CO[Si](C)(C)C(C)(C)C. The zero-order chi connectivity index (χ0) is 28.1. The highest BCUT2D eigenvalue weighted by Gasteiger charge is 2.39. The molecule has 9 heteroatoms. The molecule has 0 aliphatic carbocycles. The fraction of sp³-hybridized carbons (Fsp3) is 0.448. The Morgan fingerprint density at radius 3 is 2.63 bits per heavy atom. The predicted octanol–water partition coefficient (Wildman–Crippen LogP) is 7.12. The summed E-state index contributed by atoms with van der Waals surface area (Å²) in [5.74, 6) is 0.366. The predicted molar refractivity (Wildman–Crippen MR) is 158 cm³/mol. The molecule has 0 saturated heterocycles. The fourth-order valence-electron chi connectivity index (χ4n) is 4.03. The van der Waals surface area contributed by atoms with Crippen LogP contribution in [0.15, 0.2) is 47.7 Å². The first-order valence-corrected chi connectivity index (χ1v) is 16.6. The molecule has 0 radical (unpaired) electrons. The van der Waals surface area contributed by atoms with Crippen LogP contribution in [0.1, 0.15) is 48.7 Å². The van der Waals surface area contributed by atoms with Crippen molar-refractivity contribution < 1.29 is 23.5 Å². The van der Waals surface area contributed by atoms with Crippen molar-refractivity contribution in [3.05, 3.63) is 64.4 Å². The molecule has 0 saturated carbocycles. The Balaban J connectivity index is 1.97. The van der Waals surface area contributed by atoms with Gasteiger partial charge in [0, 0.05) is 6.54 Å². The van der Waals surface area contributed by atoms with Crippen LogP contribution in [0.25, 0.3) is 5.57 Å². The van der Waals surface area contributed by atoms with Gasteiger partial charge in [-0.3, -0.25) is 10.1 Å². The van der Waals surface area contributed by atoms with Crippen LogP contribution in [-0.2, 0) is 9.16 Å². The van der Waals surface area contributed by atoms with E-state index in [-0.39, 0.29) is 23.6 Å². The number of carbonyl (C=O) groups excluding carboxylic acids is 2. The summed E-state index contributed by atoms with van der Waals surface area (Å²) < 4.78 is 17.2. The summed E-state index contributed by atoms with van der Waals surface area (Å²) in [6, 6.07) is 5.37. The lowest BCUT2D eigenvalue weighted by atomic mass is 9.95. The third kappa shape index (κ3) is 6.95. The van der Waals surface area contributed by atoms with Gasteiger partial charge in [0.25, 0.3) is 5.91 Å². The Morgan fingerprint density at radius 2 is 2.03 bits per heavy atom. The van der Waals surface area contributed by atoms with Gasteiger partial charge in [-0.25, -0.2) is 4.79 Å². The topological polar surface area (TPSA) is 77.1 Å². The van der Waals surface area contributed by atoms with Crippen molar-refractivity contribution in [3.63, 3.8) is 0 Å². The molecule has 1 aliphatic rings. The fourth-order valence-corrected chi connectivity index (χ4v) is 5.75. The maximum Gasteiger partial charge on any atom is 0.411 e. The van der Waals surface area contributed by atoms with Crippen molar-refractivity contribution in [1.82, 2.24) is 4.90 Å². The zero-order valence-corrected chi connectivity index (χ0v) is 25.4. The van der Waals surface area contributed by atoms with Crippen LogP contribution in [0, 0.1) is 6.92 Å². The number of hydrogen-bond donors (Lipinski definition) is 1. The first-order valence-electron chi connectivity index (χ1n) is 12.8. The minimum absolute atomic E-state index is 0.0513. The summed E-state index contributed by atoms with van der Waals surface area (Å²) in [5, 5.41) is 6.98. The molecule has 3 rings (SSSR count). The molecule has 2 aromatic rings. The first-order chi connectivity index (χ1) is 17.9. The van der Waals surface area contributed by atoms with Gasteiger partial charge in [-0.1, -0.05) is 39.5 Å². The molecule has 206 valence electrons. The van der Waals surface area contributed by atoms with E-state index >= 15 is 0 Å². The second kappa shape index (κ2) is 12.3. The van der Waals surface area contributed by atoms with Gasteiger partial charge in [-0.15, -0.1) is 0 Å². The maximum atomic E-state index is 14.1. The average Bonchev–Trinajstić information content (AvgIpc) is 3.40. The molecular formula is C29H40N2O5SSi. The Morgan fingerprint density at radius 1 is 1.29 bits per heavy atom. The molecule has 1 aliphatic heterocycles. The molecule has 0 unspecified atom stereocenters. The molecule has 1 aromatic carbocycles. The van der Waals surface area contributed by atoms with Gasteiger partial charge < -0.3 is 18.8 Å². The maximum absolute atomic E-state index is 14.1. The molecule has 0 fully saturated rings. The smallest absolute Gasteiger partial charge is 0.411 e. The van der Waals surface area contributed by atoms with Crippen LogP contribution < -0.4 is 10.1 Å². The van der Waals surface area contributed by atoms with Gasteiger partial charge in [0.05, 0.1) is 31.0 Å². The summed E-state index contributed by atoms with van der Waals surface area (Å²) in [6.07, 6.45) is 3.63. The number of nitrogens with zero attached hydrogens (tertiary/aromatic N) is 1. The largest absolute Gasteiger partial charge is 0.496 e. The van der Waals surface area contributed by atoms with Crippen LogP contribution in [0.5, 0.6) is 5.75 Å². The molecule has 1 aromatic heterocycles. The summed E-state index contributed by atoms with van der Waals surface area (Å²) in [7, 11) is -0.481. The third-order valence-electron chi connectivity index (χ3n) is 7.36. The highest BCUT2D eigenvalue weighted by molar-refractivity contribution is 7.08. The summed E-state index contributed by atoms with van der Waals surface area (Å²) in [5.41, 5.74) is 3.90. The van der Waals surface area contributed by atoms with Gasteiger partial charge in [-0.2, -0.15) is 11.3 Å². The van der Waals surface area contributed by atoms with Crippen LogP contribution in [-0.4, -0.2) is 58.1 Å². The minimum Gasteiger partial charge on any atom is -0.496 e. The Bertz CT molecular complexity index is 1180. The lowest BCUT2D eigenvalue weighted by Gasteiger charge is -2.41. The zero-order valence-electron chi connectivity index (χ0n) is 23.6. The van der Waals surface area contributed by atoms with Crippen LogP contribution in [0.2, 0.25) is 18.1 Å². The number of rotatable bonds is 9. The normalized spacial score (nSPS) is 16.0. The molecule has 2 heterocycles. The number of aryl methyl sites for hydroxylation is 1. The van der Waals surface area contributed by atoms with Crippen molar-refractivity contribution in [3.8, 4) is 5.75 Å². The van der Waals surface area contributed by atoms with Crippen LogP contribution >= 0.6 is 11.3 Å². The van der Waals surface area contributed by atoms with Crippen molar-refractivity contribution in [1.29, 1.82) is 0 Å². The Labute approximate surface area is 231 Å². The van der Waals surface area contributed by atoms with E-state index in [1.54, 1.807) is 30.6 Å². The Kier molecular flexibility index (Phi) is 9.62. The number of methoxy groups -OCH3 is 1. The molecule has 2 amide bonds. The van der Waals surface area contributed by atoms with Gasteiger partial charge in [0.1, 0.15) is 12.4 Å². The van der Waals surface area contributed by atoms with E-state index in [2.05, 4.69) is 68.7 Å². The highest BCUT2D eigenvalue weighted by Crippen LogP contribution is 2.38. The van der Waals surface area contributed by atoms with E-state index in [1.807, 2.05) is 11.8 Å². The van der Waals surface area contributed by atoms with Crippen molar-refractivity contribution in [2.75, 3.05) is 32.2 Å². The lowest BCUT2D eigenvalue weighted by Crippen LogP contribution is -2.49. The lowest BCUT2D eigenvalue weighted by molar-refractivity contribution is 0.0628. The van der Waals surface area contributed by atoms with E-state index in [9.17, 15) is 9.59 Å². The van der Waals surface area contributed by atoms with E-state index in [0.29, 0.717) is 36.6 Å². The average molecular weight is 557 g/mol. The van der Waals surface area contributed by atoms with Gasteiger partial charge >= 0.3 is 6.09 Å². The van der Waals surface area contributed by atoms with Crippen LogP contribution in [0.3, 0.4) is 0 Å². The second-order valence-corrected chi connectivity index (χ2v) is 16.6. The molecular weight excluding hydrogens is 516 g/mol. The van der Waals surface area contributed by atoms with Gasteiger partial charge in [-0.05, 0) is 77.1 Å². The number of thiophene rings is 1. The van der Waals surface area contributed by atoms with Crippen molar-refractivity contribution in [2.45, 2.75) is 58.3 Å². The summed E-state index contributed by atoms with van der Waals surface area (Å²) in [4.78, 5) is 28.3. The monoisotopic (exact) mass is 556 g/mol. The molecule has 38 heavy (non-hydrogen) atoms. The number of carbonyl (C=O) groups is 2. The van der Waals surface area contributed by atoms with E-state index < -0.39 is 14.4 Å². The Hall–Kier alpha value is -2.88. The van der Waals surface area contributed by atoms with E-state index in [0.717, 1.165) is 5.56 Å². The molecule has 7 nitrogen and oxygen atoms in total. The molecule has 0 spiro atoms. The van der Waals surface area contributed by atoms with Gasteiger partial charge in [0.15, 0.2) is 8.32 Å². The number of amides is 2. The standard InChI is InChI=1S/C29H40N2O5SSi/c1-9-13-35-28(33)30-25-15-20(2)26(34-6)17-24(25)27(32)31-12-10-21(22-11-14-37-19-22)16-23(31)18-36-38(7,8)29(3,4)5/h9-11,14-15,17,19,23H,1,12-13,16,18H2,2-8H3,(H,30,33)/t23-/m0/s1. The number of nitrogens with one attached hydrogen (secondary N) is 1. The summed E-state index contributed by atoms with van der Waals surface area (Å²) in [6.45, 7) is 17.5. The van der Waals surface area contributed by atoms with Crippen molar-refractivity contribution >= 4 is 42.9 Å². The number of ether oxygens (including phenoxy) is 2. The summed E-state index contributed by atoms with van der Waals surface area (Å²) >= 11 is 1.66. The van der Waals surface area contributed by atoms with E-state index in [4.69, 9.17) is 13.9 Å². The third-order valence-corrected chi connectivity index (χ3v) is 12.5.